The molecule has 0 atom stereocenters. The van der Waals surface area contributed by atoms with Crippen LogP contribution in [0, 0.1) is 0 Å². The molecule has 0 unspecified atom stereocenters. The van der Waals surface area contributed by atoms with E-state index in [0.29, 0.717) is 0 Å². The molecule has 0 amide bonds. The third kappa shape index (κ3) is 2.94. The molecule has 1 rings (SSSR count). The first kappa shape index (κ1) is 12.0. The quantitative estimate of drug-likeness (QED) is 0.693. The summed E-state index contributed by atoms with van der Waals surface area (Å²) in [5.41, 5.74) is 10.0. The number of allylic oxidation sites excluding steroid dienone is 4. The maximum atomic E-state index is 3.09. The van der Waals surface area contributed by atoms with Crippen molar-refractivity contribution in [3.8, 4) is 0 Å². The smallest absolute Gasteiger partial charge is 0.0576 e. The molecule has 2 N–H and O–H groups in total. The number of rotatable bonds is 4. The van der Waals surface area contributed by atoms with Gasteiger partial charge in [-0.2, -0.15) is 5.53 Å². The highest BCUT2D eigenvalue weighted by Gasteiger charge is 2.11. The van der Waals surface area contributed by atoms with Crippen molar-refractivity contribution in [3.63, 3.8) is 0 Å². The van der Waals surface area contributed by atoms with Crippen molar-refractivity contribution < 1.29 is 0 Å². The molecule has 0 bridgehead atoms. The lowest BCUT2D eigenvalue weighted by molar-refractivity contribution is 0.295. The van der Waals surface area contributed by atoms with Crippen LogP contribution in [0.4, 0.5) is 0 Å². The molecule has 0 fully saturated rings. The molecule has 15 heavy (non-hydrogen) atoms. The Kier molecular flexibility index (Phi) is 4.59. The monoisotopic (exact) mass is 207 g/mol. The SMILES string of the molecule is CCC1=C/C(=C(\C)CC)N(NNC)C=C1. The maximum absolute atomic E-state index is 3.09. The fourth-order valence-electron chi connectivity index (χ4n) is 1.49. The van der Waals surface area contributed by atoms with Crippen LogP contribution in [0.2, 0.25) is 0 Å². The zero-order valence-electron chi connectivity index (χ0n) is 10.1. The summed E-state index contributed by atoms with van der Waals surface area (Å²) < 4.78 is 0. The zero-order valence-corrected chi connectivity index (χ0v) is 10.1. The third-order valence-electron chi connectivity index (χ3n) is 2.63. The van der Waals surface area contributed by atoms with Gasteiger partial charge in [-0.25, -0.2) is 5.43 Å². The van der Waals surface area contributed by atoms with Crippen LogP contribution in [0.1, 0.15) is 33.6 Å². The Balaban J connectivity index is 2.95. The molecule has 1 aliphatic heterocycles. The van der Waals surface area contributed by atoms with Gasteiger partial charge in [-0.05, 0) is 43.1 Å². The zero-order chi connectivity index (χ0) is 11.3. The first-order valence-corrected chi connectivity index (χ1v) is 5.53. The lowest BCUT2D eigenvalue weighted by Crippen LogP contribution is -2.41. The van der Waals surface area contributed by atoms with E-state index in [9.17, 15) is 0 Å². The standard InChI is InChI=1S/C12H21N3/c1-5-10(3)12-9-11(6-2)7-8-15(12)14-13-4/h7-9,13-14H,5-6H2,1-4H3/b12-10-. The minimum atomic E-state index is 1.07. The van der Waals surface area contributed by atoms with Gasteiger partial charge in [0.25, 0.3) is 0 Å². The second kappa shape index (κ2) is 5.73. The van der Waals surface area contributed by atoms with Gasteiger partial charge >= 0.3 is 0 Å². The number of nitrogens with one attached hydrogen (secondary N) is 2. The molecular weight excluding hydrogens is 186 g/mol. The summed E-state index contributed by atoms with van der Waals surface area (Å²) in [6, 6.07) is 0. The van der Waals surface area contributed by atoms with Crippen molar-refractivity contribution in [3.05, 3.63) is 35.2 Å². The van der Waals surface area contributed by atoms with E-state index in [1.54, 1.807) is 0 Å². The molecule has 1 aliphatic rings. The summed E-state index contributed by atoms with van der Waals surface area (Å²) in [4.78, 5) is 0. The minimum absolute atomic E-state index is 1.07. The van der Waals surface area contributed by atoms with Gasteiger partial charge in [0.15, 0.2) is 0 Å². The Morgan fingerprint density at radius 3 is 2.67 bits per heavy atom. The van der Waals surface area contributed by atoms with Gasteiger partial charge < -0.3 is 0 Å². The number of hydrazine groups is 2. The van der Waals surface area contributed by atoms with Crippen LogP contribution >= 0.6 is 0 Å². The van der Waals surface area contributed by atoms with Gasteiger partial charge in [0, 0.05) is 13.2 Å². The van der Waals surface area contributed by atoms with E-state index in [4.69, 9.17) is 0 Å². The fraction of sp³-hybridized carbons (Fsp3) is 0.500. The van der Waals surface area contributed by atoms with E-state index in [1.165, 1.54) is 16.8 Å². The van der Waals surface area contributed by atoms with Crippen LogP contribution in [0.3, 0.4) is 0 Å². The molecule has 3 nitrogen and oxygen atoms in total. The van der Waals surface area contributed by atoms with Crippen LogP contribution in [0.15, 0.2) is 35.2 Å². The van der Waals surface area contributed by atoms with Crippen LogP contribution in [0.25, 0.3) is 0 Å². The van der Waals surface area contributed by atoms with Crippen molar-refractivity contribution in [2.24, 2.45) is 0 Å². The second-order valence-electron chi connectivity index (χ2n) is 3.64. The highest BCUT2D eigenvalue weighted by Crippen LogP contribution is 2.21. The fourth-order valence-corrected chi connectivity index (χ4v) is 1.49. The number of hydrogen-bond acceptors (Lipinski definition) is 3. The van der Waals surface area contributed by atoms with Crippen LogP contribution < -0.4 is 11.0 Å². The molecule has 1 heterocycles. The summed E-state index contributed by atoms with van der Waals surface area (Å²) in [7, 11) is 1.87. The predicted molar refractivity (Wildman–Crippen MR) is 64.5 cm³/mol. The van der Waals surface area contributed by atoms with Crippen LogP contribution in [-0.4, -0.2) is 12.1 Å². The lowest BCUT2D eigenvalue weighted by atomic mass is 10.1. The van der Waals surface area contributed by atoms with Crippen LogP contribution in [0.5, 0.6) is 0 Å². The summed E-state index contributed by atoms with van der Waals surface area (Å²) in [5.74, 6) is 0. The molecular formula is C12H21N3. The van der Waals surface area contributed by atoms with E-state index in [1.807, 2.05) is 12.1 Å². The highest BCUT2D eigenvalue weighted by atomic mass is 15.7. The Hall–Kier alpha value is -1.06. The van der Waals surface area contributed by atoms with E-state index < -0.39 is 0 Å². The Morgan fingerprint density at radius 1 is 1.40 bits per heavy atom. The lowest BCUT2D eigenvalue weighted by Gasteiger charge is -2.27. The normalized spacial score (nSPS) is 19.2. The Bertz CT molecular complexity index is 300. The molecule has 84 valence electrons. The van der Waals surface area contributed by atoms with Gasteiger partial charge in [-0.3, -0.25) is 5.01 Å². The van der Waals surface area contributed by atoms with Crippen molar-refractivity contribution in [2.45, 2.75) is 33.6 Å². The summed E-state index contributed by atoms with van der Waals surface area (Å²) in [6.07, 6.45) is 8.58. The van der Waals surface area contributed by atoms with Crippen molar-refractivity contribution in [1.29, 1.82) is 0 Å². The first-order chi connectivity index (χ1) is 7.22. The molecule has 0 saturated carbocycles. The van der Waals surface area contributed by atoms with Crippen molar-refractivity contribution in [2.75, 3.05) is 7.05 Å². The largest absolute Gasteiger partial charge is 0.271 e. The van der Waals surface area contributed by atoms with Crippen LogP contribution in [-0.2, 0) is 0 Å². The van der Waals surface area contributed by atoms with E-state index in [-0.39, 0.29) is 0 Å². The summed E-state index contributed by atoms with van der Waals surface area (Å²) >= 11 is 0. The molecule has 0 spiro atoms. The van der Waals surface area contributed by atoms with Gasteiger partial charge in [-0.1, -0.05) is 13.8 Å². The number of hydrogen-bond donors (Lipinski definition) is 2. The van der Waals surface area contributed by atoms with E-state index >= 15 is 0 Å². The average Bonchev–Trinajstić information content (AvgIpc) is 2.29. The third-order valence-corrected chi connectivity index (χ3v) is 2.63. The first-order valence-electron chi connectivity index (χ1n) is 5.53. The van der Waals surface area contributed by atoms with Gasteiger partial charge in [-0.15, -0.1) is 0 Å². The van der Waals surface area contributed by atoms with Crippen molar-refractivity contribution in [1.82, 2.24) is 16.0 Å². The molecule has 0 aliphatic carbocycles. The molecule has 0 aromatic heterocycles. The highest BCUT2D eigenvalue weighted by molar-refractivity contribution is 5.36. The minimum Gasteiger partial charge on any atom is -0.271 e. The molecule has 3 heteroatoms. The topological polar surface area (TPSA) is 27.3 Å². The number of nitrogens with zero attached hydrogens (tertiary/aromatic N) is 1. The molecule has 0 saturated heterocycles. The van der Waals surface area contributed by atoms with Crippen molar-refractivity contribution >= 4 is 0 Å². The molecule has 0 radical (unpaired) electrons. The Morgan fingerprint density at radius 2 is 2.13 bits per heavy atom. The van der Waals surface area contributed by atoms with E-state index in [0.717, 1.165) is 12.8 Å². The maximum Gasteiger partial charge on any atom is 0.0576 e. The van der Waals surface area contributed by atoms with Gasteiger partial charge in [0.05, 0.1) is 5.70 Å². The van der Waals surface area contributed by atoms with Gasteiger partial charge in [0.2, 0.25) is 0 Å². The second-order valence-corrected chi connectivity index (χ2v) is 3.64. The Labute approximate surface area is 92.5 Å². The van der Waals surface area contributed by atoms with E-state index in [2.05, 4.69) is 50.1 Å². The molecule has 0 aromatic carbocycles. The average molecular weight is 207 g/mol. The summed E-state index contributed by atoms with van der Waals surface area (Å²) in [6.45, 7) is 6.52. The molecule has 0 aromatic rings. The predicted octanol–water partition coefficient (Wildman–Crippen LogP) is 2.48. The van der Waals surface area contributed by atoms with Gasteiger partial charge in [0.1, 0.15) is 0 Å². The summed E-state index contributed by atoms with van der Waals surface area (Å²) in [5, 5.41) is 2.01.